The van der Waals surface area contributed by atoms with Gasteiger partial charge in [0, 0.05) is 18.2 Å². The van der Waals surface area contributed by atoms with E-state index in [1.807, 2.05) is 12.1 Å². The fraction of sp³-hybridized carbons (Fsp3) is 0.318. The second-order valence-corrected chi connectivity index (χ2v) is 7.23. The van der Waals surface area contributed by atoms with E-state index < -0.39 is 11.1 Å². The molecule has 0 aliphatic carbocycles. The van der Waals surface area contributed by atoms with E-state index in [9.17, 15) is 14.4 Å². The van der Waals surface area contributed by atoms with Gasteiger partial charge in [0.25, 0.3) is 11.1 Å². The molecule has 30 heavy (non-hydrogen) atoms. The van der Waals surface area contributed by atoms with Crippen LogP contribution in [0, 0.1) is 0 Å². The number of benzene rings is 2. The Labute approximate surface area is 172 Å². The van der Waals surface area contributed by atoms with Gasteiger partial charge < -0.3 is 14.4 Å². The van der Waals surface area contributed by atoms with Crippen LogP contribution >= 0.6 is 0 Å². The average Bonchev–Trinajstić information content (AvgIpc) is 3.26. The number of aromatic nitrogens is 2. The normalized spacial score (nSPS) is 16.1. The number of methoxy groups -OCH3 is 2. The number of ether oxygens (including phenoxy) is 2. The second kappa shape index (κ2) is 8.06. The molecule has 8 heteroatoms. The van der Waals surface area contributed by atoms with Crippen LogP contribution in [0.5, 0.6) is 11.5 Å². The minimum absolute atomic E-state index is 0.166. The number of nitrogens with zero attached hydrogens (tertiary/aromatic N) is 2. The topological polar surface area (TPSA) is 93.6 Å². The molecule has 3 aromatic rings. The Morgan fingerprint density at radius 1 is 1.10 bits per heavy atom. The van der Waals surface area contributed by atoms with Crippen molar-refractivity contribution >= 4 is 16.7 Å². The highest BCUT2D eigenvalue weighted by Crippen LogP contribution is 2.38. The number of carbonyl (C=O) groups is 1. The third-order valence-electron chi connectivity index (χ3n) is 5.55. The molecule has 0 radical (unpaired) electrons. The maximum absolute atomic E-state index is 13.1. The standard InChI is InChI=1S/C22H23N3O5/c1-29-14-9-10-17(19(12-14)30-2)18-8-5-11-24(18)20(26)13-25-22(28)16-7-4-3-6-15(16)21(27)23-25/h3-4,6-7,9-10,12,18H,5,8,11,13H2,1-2H3,(H,23,27)/t18-/m0/s1. The molecule has 1 amide bonds. The van der Waals surface area contributed by atoms with E-state index >= 15 is 0 Å². The fourth-order valence-corrected chi connectivity index (χ4v) is 4.07. The van der Waals surface area contributed by atoms with Crippen LogP contribution in [0.4, 0.5) is 0 Å². The Bertz CT molecular complexity index is 1210. The second-order valence-electron chi connectivity index (χ2n) is 7.23. The lowest BCUT2D eigenvalue weighted by molar-refractivity contribution is -0.133. The van der Waals surface area contributed by atoms with Crippen molar-refractivity contribution in [1.82, 2.24) is 14.7 Å². The zero-order chi connectivity index (χ0) is 21.3. The molecule has 1 N–H and O–H groups in total. The summed E-state index contributed by atoms with van der Waals surface area (Å²) in [6.45, 7) is 0.346. The molecule has 1 saturated heterocycles. The molecule has 1 aliphatic rings. The van der Waals surface area contributed by atoms with E-state index in [-0.39, 0.29) is 18.5 Å². The summed E-state index contributed by atoms with van der Waals surface area (Å²) in [6.07, 6.45) is 1.63. The highest BCUT2D eigenvalue weighted by molar-refractivity contribution is 5.81. The molecule has 0 saturated carbocycles. The number of hydrogen-bond acceptors (Lipinski definition) is 5. The van der Waals surface area contributed by atoms with Crippen LogP contribution in [0.1, 0.15) is 24.4 Å². The van der Waals surface area contributed by atoms with Crippen molar-refractivity contribution in [3.63, 3.8) is 0 Å². The Kier molecular flexibility index (Phi) is 5.31. The molecule has 4 rings (SSSR count). The highest BCUT2D eigenvalue weighted by atomic mass is 16.5. The van der Waals surface area contributed by atoms with Crippen molar-refractivity contribution < 1.29 is 14.3 Å². The smallest absolute Gasteiger partial charge is 0.273 e. The van der Waals surface area contributed by atoms with Gasteiger partial charge in [-0.1, -0.05) is 12.1 Å². The van der Waals surface area contributed by atoms with Gasteiger partial charge in [-0.3, -0.25) is 19.5 Å². The Balaban J connectivity index is 1.64. The zero-order valence-electron chi connectivity index (χ0n) is 16.9. The Morgan fingerprint density at radius 2 is 1.87 bits per heavy atom. The van der Waals surface area contributed by atoms with Crippen molar-refractivity contribution in [1.29, 1.82) is 0 Å². The van der Waals surface area contributed by atoms with Gasteiger partial charge in [-0.05, 0) is 37.1 Å². The number of H-pyrrole nitrogens is 1. The van der Waals surface area contributed by atoms with Crippen molar-refractivity contribution in [2.24, 2.45) is 0 Å². The summed E-state index contributed by atoms with van der Waals surface area (Å²) in [4.78, 5) is 39.9. The summed E-state index contributed by atoms with van der Waals surface area (Å²) in [6, 6.07) is 11.9. The van der Waals surface area contributed by atoms with Crippen molar-refractivity contribution in [2.45, 2.75) is 25.4 Å². The summed E-state index contributed by atoms with van der Waals surface area (Å²) in [5, 5.41) is 3.13. The monoisotopic (exact) mass is 409 g/mol. The Hall–Kier alpha value is -3.55. The lowest BCUT2D eigenvalue weighted by Crippen LogP contribution is -2.39. The fourth-order valence-electron chi connectivity index (χ4n) is 4.07. The van der Waals surface area contributed by atoms with Crippen molar-refractivity contribution in [2.75, 3.05) is 20.8 Å². The van der Waals surface area contributed by atoms with Crippen LogP contribution in [0.3, 0.4) is 0 Å². The van der Waals surface area contributed by atoms with Crippen LogP contribution < -0.4 is 20.6 Å². The zero-order valence-corrected chi connectivity index (χ0v) is 16.9. The molecular formula is C22H23N3O5. The molecule has 1 fully saturated rings. The van der Waals surface area contributed by atoms with Gasteiger partial charge in [-0.15, -0.1) is 0 Å². The van der Waals surface area contributed by atoms with E-state index in [2.05, 4.69) is 5.10 Å². The molecule has 8 nitrogen and oxygen atoms in total. The van der Waals surface area contributed by atoms with Crippen molar-refractivity contribution in [3.8, 4) is 11.5 Å². The first-order valence-corrected chi connectivity index (χ1v) is 9.76. The summed E-state index contributed by atoms with van der Waals surface area (Å²) in [5.74, 6) is 1.09. The SMILES string of the molecule is COc1ccc([C@@H]2CCCN2C(=O)Cn2[nH]c(=O)c3ccccc3c2=O)c(OC)c1. The lowest BCUT2D eigenvalue weighted by Gasteiger charge is -2.26. The van der Waals surface area contributed by atoms with Crippen molar-refractivity contribution in [3.05, 3.63) is 68.7 Å². The van der Waals surface area contributed by atoms with Gasteiger partial charge in [-0.2, -0.15) is 0 Å². The van der Waals surface area contributed by atoms with Gasteiger partial charge in [-0.25, -0.2) is 4.68 Å². The van der Waals surface area contributed by atoms with E-state index in [4.69, 9.17) is 9.47 Å². The van der Waals surface area contributed by atoms with E-state index in [0.29, 0.717) is 28.8 Å². The molecule has 156 valence electrons. The number of amides is 1. The molecular weight excluding hydrogens is 386 g/mol. The van der Waals surface area contributed by atoms with E-state index in [0.717, 1.165) is 23.1 Å². The van der Waals surface area contributed by atoms with E-state index in [1.165, 1.54) is 0 Å². The summed E-state index contributed by atoms with van der Waals surface area (Å²) >= 11 is 0. The number of rotatable bonds is 5. The van der Waals surface area contributed by atoms with Gasteiger partial charge >= 0.3 is 0 Å². The Morgan fingerprint density at radius 3 is 2.60 bits per heavy atom. The number of hydrogen-bond donors (Lipinski definition) is 1. The summed E-state index contributed by atoms with van der Waals surface area (Å²) in [5.41, 5.74) is 0.104. The molecule has 1 aliphatic heterocycles. The largest absolute Gasteiger partial charge is 0.497 e. The third-order valence-corrected chi connectivity index (χ3v) is 5.55. The number of nitrogens with one attached hydrogen (secondary N) is 1. The highest BCUT2D eigenvalue weighted by Gasteiger charge is 2.32. The van der Waals surface area contributed by atoms with Crippen LogP contribution in [0.2, 0.25) is 0 Å². The molecule has 1 atom stereocenters. The first-order chi connectivity index (χ1) is 14.5. The van der Waals surface area contributed by atoms with Gasteiger partial charge in [0.15, 0.2) is 0 Å². The average molecular weight is 409 g/mol. The number of aromatic amines is 1. The van der Waals surface area contributed by atoms with Gasteiger partial charge in [0.05, 0.1) is 31.0 Å². The molecule has 0 unspecified atom stereocenters. The molecule has 1 aromatic heterocycles. The first-order valence-electron chi connectivity index (χ1n) is 9.76. The minimum Gasteiger partial charge on any atom is -0.497 e. The minimum atomic E-state index is -0.396. The number of carbonyl (C=O) groups excluding carboxylic acids is 1. The van der Waals surface area contributed by atoms with E-state index in [1.54, 1.807) is 49.5 Å². The van der Waals surface area contributed by atoms with Crippen LogP contribution in [0.25, 0.3) is 10.8 Å². The first kappa shape index (κ1) is 19.8. The molecule has 2 heterocycles. The van der Waals surface area contributed by atoms with Gasteiger partial charge in [0.1, 0.15) is 18.0 Å². The summed E-state index contributed by atoms with van der Waals surface area (Å²) in [7, 11) is 3.17. The number of likely N-dealkylation sites (tertiary alicyclic amines) is 1. The molecule has 0 spiro atoms. The maximum Gasteiger partial charge on any atom is 0.273 e. The molecule has 2 aromatic carbocycles. The quantitative estimate of drug-likeness (QED) is 0.696. The van der Waals surface area contributed by atoms with Crippen LogP contribution in [0.15, 0.2) is 52.1 Å². The van der Waals surface area contributed by atoms with Gasteiger partial charge in [0.2, 0.25) is 5.91 Å². The third kappa shape index (κ3) is 3.45. The molecule has 0 bridgehead atoms. The summed E-state index contributed by atoms with van der Waals surface area (Å²) < 4.78 is 11.9. The van der Waals surface area contributed by atoms with Crippen LogP contribution in [-0.2, 0) is 11.3 Å². The predicted molar refractivity (Wildman–Crippen MR) is 112 cm³/mol. The number of fused-ring (bicyclic) bond motifs is 1. The maximum atomic E-state index is 13.1. The predicted octanol–water partition coefficient (Wildman–Crippen LogP) is 2.07. The van der Waals surface area contributed by atoms with Crippen LogP contribution in [-0.4, -0.2) is 41.4 Å². The lowest BCUT2D eigenvalue weighted by atomic mass is 10.0.